The monoisotopic (exact) mass is 262 g/mol. The maximum Gasteiger partial charge on any atom is 0.132 e. The van der Waals surface area contributed by atoms with Crippen LogP contribution >= 0.6 is 0 Å². The Labute approximate surface area is 114 Å². The Bertz CT molecular complexity index is 455. The highest BCUT2D eigenvalue weighted by molar-refractivity contribution is 5.79. The highest BCUT2D eigenvalue weighted by atomic mass is 16.5. The molecule has 0 spiro atoms. The molecule has 0 aromatic heterocycles. The summed E-state index contributed by atoms with van der Waals surface area (Å²) in [6, 6.07) is 4.10. The number of benzene rings is 1. The molecule has 3 heteroatoms. The Hall–Kier alpha value is -1.51. The first kappa shape index (κ1) is 13.9. The summed E-state index contributed by atoms with van der Waals surface area (Å²) in [4.78, 5) is 11.3. The van der Waals surface area contributed by atoms with Crippen molar-refractivity contribution in [2.75, 3.05) is 14.2 Å². The van der Waals surface area contributed by atoms with Gasteiger partial charge in [0.25, 0.3) is 0 Å². The zero-order valence-electron chi connectivity index (χ0n) is 12.0. The van der Waals surface area contributed by atoms with E-state index >= 15 is 0 Å². The van der Waals surface area contributed by atoms with Crippen LogP contribution in [0.15, 0.2) is 12.1 Å². The number of methoxy groups -OCH3 is 2. The molecule has 0 heterocycles. The van der Waals surface area contributed by atoms with Crippen molar-refractivity contribution in [1.82, 2.24) is 0 Å². The van der Waals surface area contributed by atoms with E-state index in [1.54, 1.807) is 14.2 Å². The first-order valence-electron chi connectivity index (χ1n) is 6.87. The molecular formula is C16H22O3. The molecule has 2 rings (SSSR count). The van der Waals surface area contributed by atoms with Gasteiger partial charge in [-0.1, -0.05) is 0 Å². The van der Waals surface area contributed by atoms with Crippen molar-refractivity contribution in [2.24, 2.45) is 5.92 Å². The zero-order valence-corrected chi connectivity index (χ0v) is 12.0. The molecule has 1 aromatic carbocycles. The van der Waals surface area contributed by atoms with E-state index in [2.05, 4.69) is 6.07 Å². The van der Waals surface area contributed by atoms with E-state index in [1.165, 1.54) is 5.56 Å². The molecule has 3 nitrogen and oxygen atoms in total. The first-order chi connectivity index (χ1) is 9.13. The van der Waals surface area contributed by atoms with Crippen LogP contribution in [0.3, 0.4) is 0 Å². The second-order valence-electron chi connectivity index (χ2n) is 5.32. The van der Waals surface area contributed by atoms with Crippen molar-refractivity contribution in [3.8, 4) is 11.5 Å². The van der Waals surface area contributed by atoms with Gasteiger partial charge in [-0.2, -0.15) is 0 Å². The molecule has 0 radical (unpaired) electrons. The number of carbonyl (C=O) groups excluding carboxylic acids is 1. The molecule has 1 aliphatic carbocycles. The summed E-state index contributed by atoms with van der Waals surface area (Å²) in [6.07, 6.45) is 4.43. The van der Waals surface area contributed by atoms with Gasteiger partial charge in [0.2, 0.25) is 0 Å². The lowest BCUT2D eigenvalue weighted by Gasteiger charge is -2.22. The molecule has 0 amide bonds. The van der Waals surface area contributed by atoms with Crippen molar-refractivity contribution in [3.63, 3.8) is 0 Å². The molecule has 19 heavy (non-hydrogen) atoms. The number of Topliss-reactive ketones (excluding diaryl/α,β-unsaturated/α-hetero) is 1. The number of aryl methyl sites for hydroxylation is 1. The summed E-state index contributed by atoms with van der Waals surface area (Å²) in [6.45, 7) is 2.02. The Morgan fingerprint density at radius 3 is 2.32 bits per heavy atom. The van der Waals surface area contributed by atoms with Crippen LogP contribution in [0.25, 0.3) is 0 Å². The maximum atomic E-state index is 11.3. The van der Waals surface area contributed by atoms with E-state index in [0.29, 0.717) is 11.7 Å². The smallest absolute Gasteiger partial charge is 0.132 e. The van der Waals surface area contributed by atoms with Gasteiger partial charge in [0.15, 0.2) is 0 Å². The van der Waals surface area contributed by atoms with Crippen molar-refractivity contribution >= 4 is 5.78 Å². The fourth-order valence-corrected chi connectivity index (χ4v) is 2.79. The molecule has 104 valence electrons. The lowest BCUT2D eigenvalue weighted by molar-refractivity contribution is -0.121. The molecule has 0 saturated heterocycles. The fraction of sp³-hybridized carbons (Fsp3) is 0.562. The van der Waals surface area contributed by atoms with Crippen LogP contribution in [0, 0.1) is 12.8 Å². The minimum absolute atomic E-state index is 0.407. The number of hydrogen-bond acceptors (Lipinski definition) is 3. The lowest BCUT2D eigenvalue weighted by Crippen LogP contribution is -2.16. The second kappa shape index (κ2) is 6.09. The molecule has 1 fully saturated rings. The summed E-state index contributed by atoms with van der Waals surface area (Å²) in [5, 5.41) is 0. The Kier molecular flexibility index (Phi) is 4.46. The van der Waals surface area contributed by atoms with Gasteiger partial charge >= 0.3 is 0 Å². The van der Waals surface area contributed by atoms with Gasteiger partial charge in [-0.25, -0.2) is 0 Å². The van der Waals surface area contributed by atoms with Crippen LogP contribution in [0.2, 0.25) is 0 Å². The standard InChI is InChI=1S/C16H22O3/c1-11-8-16(19-3)13(10-15(11)18-2)9-12-4-6-14(17)7-5-12/h8,10,12H,4-7,9H2,1-3H3. The van der Waals surface area contributed by atoms with Crippen molar-refractivity contribution in [3.05, 3.63) is 23.3 Å². The number of rotatable bonds is 4. The summed E-state index contributed by atoms with van der Waals surface area (Å²) in [5.41, 5.74) is 2.27. The van der Waals surface area contributed by atoms with E-state index in [0.717, 1.165) is 49.2 Å². The molecule has 1 saturated carbocycles. The second-order valence-corrected chi connectivity index (χ2v) is 5.32. The summed E-state index contributed by atoms with van der Waals surface area (Å²) in [7, 11) is 3.40. The van der Waals surface area contributed by atoms with Gasteiger partial charge in [0.05, 0.1) is 14.2 Å². The van der Waals surface area contributed by atoms with Gasteiger partial charge < -0.3 is 9.47 Å². The predicted molar refractivity (Wildman–Crippen MR) is 75.0 cm³/mol. The quantitative estimate of drug-likeness (QED) is 0.835. The van der Waals surface area contributed by atoms with Gasteiger partial charge in [0.1, 0.15) is 17.3 Å². The average Bonchev–Trinajstić information content (AvgIpc) is 2.42. The largest absolute Gasteiger partial charge is 0.496 e. The minimum atomic E-state index is 0.407. The van der Waals surface area contributed by atoms with Crippen LogP contribution in [-0.4, -0.2) is 20.0 Å². The minimum Gasteiger partial charge on any atom is -0.496 e. The van der Waals surface area contributed by atoms with Crippen molar-refractivity contribution in [2.45, 2.75) is 39.0 Å². The predicted octanol–water partition coefficient (Wildman–Crippen LogP) is 3.31. The molecule has 0 atom stereocenters. The number of ether oxygens (including phenoxy) is 2. The van der Waals surface area contributed by atoms with Crippen LogP contribution in [0.5, 0.6) is 11.5 Å². The molecule has 0 aliphatic heterocycles. The molecule has 0 bridgehead atoms. The molecule has 0 unspecified atom stereocenters. The van der Waals surface area contributed by atoms with E-state index in [1.807, 2.05) is 13.0 Å². The highest BCUT2D eigenvalue weighted by Gasteiger charge is 2.21. The molecular weight excluding hydrogens is 240 g/mol. The van der Waals surface area contributed by atoms with Crippen LogP contribution in [0.1, 0.15) is 36.8 Å². The third-order valence-corrected chi connectivity index (χ3v) is 3.97. The van der Waals surface area contributed by atoms with Gasteiger partial charge in [-0.15, -0.1) is 0 Å². The SMILES string of the molecule is COc1cc(CC2CCC(=O)CC2)c(OC)cc1C. The molecule has 1 aromatic rings. The normalized spacial score (nSPS) is 16.5. The topological polar surface area (TPSA) is 35.5 Å². The summed E-state index contributed by atoms with van der Waals surface area (Å²) in [5.74, 6) is 2.82. The van der Waals surface area contributed by atoms with E-state index in [-0.39, 0.29) is 0 Å². The number of ketones is 1. The molecule has 1 aliphatic rings. The van der Waals surface area contributed by atoms with E-state index in [9.17, 15) is 4.79 Å². The van der Waals surface area contributed by atoms with E-state index < -0.39 is 0 Å². The third-order valence-electron chi connectivity index (χ3n) is 3.97. The van der Waals surface area contributed by atoms with Crippen LogP contribution < -0.4 is 9.47 Å². The number of carbonyl (C=O) groups is 1. The van der Waals surface area contributed by atoms with Gasteiger partial charge in [-0.05, 0) is 55.4 Å². The van der Waals surface area contributed by atoms with Crippen LogP contribution in [-0.2, 0) is 11.2 Å². The van der Waals surface area contributed by atoms with Gasteiger partial charge in [0, 0.05) is 12.8 Å². The lowest BCUT2D eigenvalue weighted by atomic mass is 9.84. The maximum absolute atomic E-state index is 11.3. The third kappa shape index (κ3) is 3.28. The summed E-state index contributed by atoms with van der Waals surface area (Å²) < 4.78 is 10.8. The van der Waals surface area contributed by atoms with Crippen molar-refractivity contribution < 1.29 is 14.3 Å². The summed E-state index contributed by atoms with van der Waals surface area (Å²) >= 11 is 0. The average molecular weight is 262 g/mol. The highest BCUT2D eigenvalue weighted by Crippen LogP contribution is 2.33. The zero-order chi connectivity index (χ0) is 13.8. The Morgan fingerprint density at radius 1 is 1.11 bits per heavy atom. The first-order valence-corrected chi connectivity index (χ1v) is 6.87. The molecule has 0 N–H and O–H groups in total. The number of hydrogen-bond donors (Lipinski definition) is 0. The fourth-order valence-electron chi connectivity index (χ4n) is 2.79. The Morgan fingerprint density at radius 2 is 1.74 bits per heavy atom. The van der Waals surface area contributed by atoms with Crippen molar-refractivity contribution in [1.29, 1.82) is 0 Å². The van der Waals surface area contributed by atoms with Gasteiger partial charge in [-0.3, -0.25) is 4.79 Å². The van der Waals surface area contributed by atoms with Crippen LogP contribution in [0.4, 0.5) is 0 Å². The Balaban J connectivity index is 2.16. The van der Waals surface area contributed by atoms with E-state index in [4.69, 9.17) is 9.47 Å².